The number of thiazole rings is 1. The monoisotopic (exact) mass is 553 g/mol. The number of hydrogen-bond acceptors (Lipinski definition) is 8. The van der Waals surface area contributed by atoms with E-state index in [0.29, 0.717) is 39.7 Å². The van der Waals surface area contributed by atoms with Gasteiger partial charge in [-0.05, 0) is 69.0 Å². The minimum Gasteiger partial charge on any atom is -0.493 e. The number of carbonyl (C=O) groups excluding carboxylic acids is 2. The molecule has 38 heavy (non-hydrogen) atoms. The molecule has 1 aliphatic rings. The Hall–Kier alpha value is -3.69. The summed E-state index contributed by atoms with van der Waals surface area (Å²) in [6.45, 7) is 4.60. The van der Waals surface area contributed by atoms with Crippen molar-refractivity contribution in [2.24, 2.45) is 5.92 Å². The number of carbonyl (C=O) groups is 2. The highest BCUT2D eigenvalue weighted by Crippen LogP contribution is 2.35. The van der Waals surface area contributed by atoms with Crippen LogP contribution in [0.5, 0.6) is 16.7 Å². The summed E-state index contributed by atoms with van der Waals surface area (Å²) in [5.41, 5.74) is 0.907. The van der Waals surface area contributed by atoms with Crippen LogP contribution in [0.3, 0.4) is 0 Å². The molecule has 2 heterocycles. The number of ether oxygens (including phenoxy) is 3. The van der Waals surface area contributed by atoms with Gasteiger partial charge in [-0.1, -0.05) is 29.0 Å². The molecule has 0 bridgehead atoms. The first-order valence-electron chi connectivity index (χ1n) is 12.3. The van der Waals surface area contributed by atoms with E-state index in [1.165, 1.54) is 42.5 Å². The van der Waals surface area contributed by atoms with Crippen molar-refractivity contribution >= 4 is 47.0 Å². The molecule has 198 valence electrons. The minimum absolute atomic E-state index is 0.252. The first kappa shape index (κ1) is 27.3. The van der Waals surface area contributed by atoms with Gasteiger partial charge in [0.05, 0.1) is 28.8 Å². The first-order chi connectivity index (χ1) is 18.4. The van der Waals surface area contributed by atoms with Crippen LogP contribution in [0.25, 0.3) is 12.2 Å². The van der Waals surface area contributed by atoms with Gasteiger partial charge >= 0.3 is 5.97 Å². The smallest absolute Gasteiger partial charge is 0.330 e. The van der Waals surface area contributed by atoms with E-state index in [2.05, 4.69) is 15.3 Å². The molecule has 8 nitrogen and oxygen atoms in total. The maximum Gasteiger partial charge on any atom is 0.330 e. The third-order valence-electron chi connectivity index (χ3n) is 5.41. The van der Waals surface area contributed by atoms with Gasteiger partial charge in [0.25, 0.3) is 11.1 Å². The number of benzene rings is 1. The number of amides is 1. The fourth-order valence-corrected chi connectivity index (χ4v) is 4.14. The van der Waals surface area contributed by atoms with Crippen molar-refractivity contribution in [1.29, 1.82) is 0 Å². The van der Waals surface area contributed by atoms with E-state index in [9.17, 15) is 9.59 Å². The molecule has 0 saturated heterocycles. The van der Waals surface area contributed by atoms with Crippen LogP contribution in [0, 0.1) is 5.92 Å². The Morgan fingerprint density at radius 3 is 2.82 bits per heavy atom. The van der Waals surface area contributed by atoms with Crippen molar-refractivity contribution in [3.05, 3.63) is 76.0 Å². The van der Waals surface area contributed by atoms with Crippen LogP contribution in [0.1, 0.15) is 47.6 Å². The topological polar surface area (TPSA) is 99.6 Å². The average Bonchev–Trinajstić information content (AvgIpc) is 3.63. The van der Waals surface area contributed by atoms with Gasteiger partial charge in [0.15, 0.2) is 0 Å². The van der Waals surface area contributed by atoms with Crippen LogP contribution in [0.4, 0.5) is 0 Å². The zero-order valence-corrected chi connectivity index (χ0v) is 22.6. The second-order valence-electron chi connectivity index (χ2n) is 8.65. The fraction of sp³-hybridized carbons (Fsp3) is 0.286. The summed E-state index contributed by atoms with van der Waals surface area (Å²) in [4.78, 5) is 33.5. The van der Waals surface area contributed by atoms with Crippen molar-refractivity contribution in [2.45, 2.75) is 32.7 Å². The molecule has 3 aromatic rings. The van der Waals surface area contributed by atoms with Gasteiger partial charge in [-0.2, -0.15) is 0 Å². The molecule has 2 aromatic heterocycles. The molecule has 4 rings (SSSR count). The Morgan fingerprint density at radius 2 is 2.05 bits per heavy atom. The van der Waals surface area contributed by atoms with Crippen molar-refractivity contribution < 1.29 is 23.8 Å². The molecule has 0 unspecified atom stereocenters. The summed E-state index contributed by atoms with van der Waals surface area (Å²) >= 11 is 7.72. The van der Waals surface area contributed by atoms with Crippen LogP contribution in [0.2, 0.25) is 5.02 Å². The fourth-order valence-electron chi connectivity index (χ4n) is 3.24. The van der Waals surface area contributed by atoms with Crippen LogP contribution in [0.15, 0.2) is 54.9 Å². The van der Waals surface area contributed by atoms with Crippen molar-refractivity contribution in [1.82, 2.24) is 15.3 Å². The number of halogens is 1. The molecule has 0 radical (unpaired) electrons. The summed E-state index contributed by atoms with van der Waals surface area (Å²) in [5.74, 6) is 1.17. The molecule has 1 N–H and O–H groups in total. The lowest BCUT2D eigenvalue weighted by molar-refractivity contribution is -0.137. The first-order valence-corrected chi connectivity index (χ1v) is 13.4. The highest BCUT2D eigenvalue weighted by atomic mass is 35.5. The highest BCUT2D eigenvalue weighted by Gasteiger charge is 2.22. The lowest BCUT2D eigenvalue weighted by Crippen LogP contribution is -2.31. The molecule has 0 spiro atoms. The van der Waals surface area contributed by atoms with Gasteiger partial charge in [-0.25, -0.2) is 9.78 Å². The molecule has 1 aliphatic carbocycles. The van der Waals surface area contributed by atoms with Gasteiger partial charge in [0.1, 0.15) is 11.5 Å². The van der Waals surface area contributed by atoms with Crippen molar-refractivity contribution in [3.63, 3.8) is 0 Å². The van der Waals surface area contributed by atoms with Crippen molar-refractivity contribution in [3.8, 4) is 16.7 Å². The molecule has 1 fully saturated rings. The van der Waals surface area contributed by atoms with E-state index in [0.717, 1.165) is 17.2 Å². The predicted molar refractivity (Wildman–Crippen MR) is 148 cm³/mol. The quantitative estimate of drug-likeness (QED) is 0.211. The largest absolute Gasteiger partial charge is 0.493 e. The van der Waals surface area contributed by atoms with Crippen LogP contribution in [-0.2, 0) is 9.53 Å². The molecule has 1 atom stereocenters. The third-order valence-corrected chi connectivity index (χ3v) is 6.55. The molecule has 1 saturated carbocycles. The second-order valence-corrected chi connectivity index (χ2v) is 10.1. The minimum atomic E-state index is -0.464. The molecule has 1 amide bonds. The second kappa shape index (κ2) is 13.2. The SMILES string of the molecule is CCOC(=O)C=Cc1cc(C(=O)N[C@@H](C)C=Cc2cnc(Oc3ccc(OCC4CC4)cc3Cl)s2)ccn1. The Balaban J connectivity index is 1.29. The van der Waals surface area contributed by atoms with Gasteiger partial charge in [0, 0.05) is 36.1 Å². The maximum atomic E-state index is 12.7. The van der Waals surface area contributed by atoms with Crippen LogP contribution < -0.4 is 14.8 Å². The number of pyridine rings is 1. The summed E-state index contributed by atoms with van der Waals surface area (Å²) in [6, 6.07) is 8.32. The zero-order chi connectivity index (χ0) is 26.9. The molecule has 0 aliphatic heterocycles. The predicted octanol–water partition coefficient (Wildman–Crippen LogP) is 6.18. The molecule has 10 heteroatoms. The molecular weight excluding hydrogens is 526 g/mol. The average molecular weight is 554 g/mol. The zero-order valence-electron chi connectivity index (χ0n) is 21.1. The number of rotatable bonds is 12. The Bertz CT molecular complexity index is 1340. The number of nitrogens with one attached hydrogen (secondary N) is 1. The van der Waals surface area contributed by atoms with E-state index in [-0.39, 0.29) is 11.9 Å². The van der Waals surface area contributed by atoms with E-state index >= 15 is 0 Å². The van der Waals surface area contributed by atoms with Gasteiger partial charge in [-0.15, -0.1) is 0 Å². The molecular formula is C28H28ClN3O5S. The Morgan fingerprint density at radius 1 is 1.21 bits per heavy atom. The standard InChI is InChI=1S/C28H28ClN3O5S/c1-3-35-26(33)11-7-21-14-20(12-13-30-21)27(34)32-18(2)4-9-23-16-31-28(38-23)37-25-10-8-22(15-24(25)29)36-17-19-5-6-19/h4,7-16,18-19H,3,5-6,17H2,1-2H3,(H,32,34)/t18-/m0/s1. The third kappa shape index (κ3) is 8.43. The summed E-state index contributed by atoms with van der Waals surface area (Å²) < 4.78 is 16.4. The summed E-state index contributed by atoms with van der Waals surface area (Å²) in [5, 5.41) is 3.82. The van der Waals surface area contributed by atoms with E-state index < -0.39 is 5.97 Å². The normalized spacial score (nSPS) is 14.0. The number of esters is 1. The van der Waals surface area contributed by atoms with Gasteiger partial charge in [-0.3, -0.25) is 9.78 Å². The van der Waals surface area contributed by atoms with Crippen LogP contribution in [-0.4, -0.2) is 41.1 Å². The highest BCUT2D eigenvalue weighted by molar-refractivity contribution is 7.14. The number of nitrogens with zero attached hydrogens (tertiary/aromatic N) is 2. The number of aromatic nitrogens is 2. The number of hydrogen-bond donors (Lipinski definition) is 1. The van der Waals surface area contributed by atoms with E-state index in [1.807, 2.05) is 25.1 Å². The van der Waals surface area contributed by atoms with Crippen molar-refractivity contribution in [2.75, 3.05) is 13.2 Å². The maximum absolute atomic E-state index is 12.7. The lowest BCUT2D eigenvalue weighted by atomic mass is 10.2. The molecule has 1 aromatic carbocycles. The Labute approximate surface area is 230 Å². The van der Waals surface area contributed by atoms with Gasteiger partial charge in [0.2, 0.25) is 0 Å². The van der Waals surface area contributed by atoms with Crippen LogP contribution >= 0.6 is 22.9 Å². The van der Waals surface area contributed by atoms with E-state index in [1.54, 1.807) is 37.4 Å². The van der Waals surface area contributed by atoms with Gasteiger partial charge < -0.3 is 19.5 Å². The Kier molecular flexibility index (Phi) is 9.51. The van der Waals surface area contributed by atoms with E-state index in [4.69, 9.17) is 25.8 Å². The summed E-state index contributed by atoms with van der Waals surface area (Å²) in [7, 11) is 0. The lowest BCUT2D eigenvalue weighted by Gasteiger charge is -2.10. The summed E-state index contributed by atoms with van der Waals surface area (Å²) in [6.07, 6.45) is 12.2.